The number of carbonyl (C=O) groups excluding carboxylic acids is 1. The fourth-order valence-corrected chi connectivity index (χ4v) is 3.49. The Morgan fingerprint density at radius 1 is 0.931 bits per heavy atom. The summed E-state index contributed by atoms with van der Waals surface area (Å²) in [5.41, 5.74) is 0.0209. The van der Waals surface area contributed by atoms with Crippen molar-refractivity contribution in [1.29, 1.82) is 0 Å². The molecule has 156 valence electrons. The maximum absolute atomic E-state index is 12.8. The van der Waals surface area contributed by atoms with Crippen molar-refractivity contribution in [3.63, 3.8) is 0 Å². The molecule has 10 heteroatoms. The molecule has 0 bridgehead atoms. The molecule has 1 saturated heterocycles. The lowest BCUT2D eigenvalue weighted by Gasteiger charge is -2.35. The van der Waals surface area contributed by atoms with Gasteiger partial charge in [-0.2, -0.15) is 13.2 Å². The molecule has 4 nitrogen and oxygen atoms in total. The minimum Gasteiger partial charge on any atom is -0.369 e. The van der Waals surface area contributed by atoms with Crippen LogP contribution < -0.4 is 10.2 Å². The fraction of sp³-hybridized carbons (Fsp3) is 0.316. The molecule has 1 fully saturated rings. The first-order valence-corrected chi connectivity index (χ1v) is 9.86. The van der Waals surface area contributed by atoms with Crippen molar-refractivity contribution in [3.8, 4) is 0 Å². The smallest absolute Gasteiger partial charge is 0.369 e. The molecule has 0 atom stereocenters. The van der Waals surface area contributed by atoms with E-state index in [-0.39, 0.29) is 17.3 Å². The third-order valence-electron chi connectivity index (χ3n) is 4.58. The van der Waals surface area contributed by atoms with E-state index in [0.717, 1.165) is 23.9 Å². The van der Waals surface area contributed by atoms with Crippen LogP contribution in [-0.4, -0.2) is 43.5 Å². The van der Waals surface area contributed by atoms with Crippen LogP contribution in [0, 0.1) is 0 Å². The van der Waals surface area contributed by atoms with Crippen LogP contribution in [0.1, 0.15) is 5.56 Å². The summed E-state index contributed by atoms with van der Waals surface area (Å²) < 4.78 is 38.5. The predicted molar refractivity (Wildman–Crippen MR) is 110 cm³/mol. The summed E-state index contributed by atoms with van der Waals surface area (Å²) in [5.74, 6) is -0.422. The van der Waals surface area contributed by atoms with Gasteiger partial charge in [-0.25, -0.2) is 0 Å². The second kappa shape index (κ2) is 9.00. The Kier molecular flexibility index (Phi) is 6.83. The van der Waals surface area contributed by atoms with E-state index in [0.29, 0.717) is 36.2 Å². The summed E-state index contributed by atoms with van der Waals surface area (Å²) in [6.07, 6.45) is -4.51. The van der Waals surface area contributed by atoms with E-state index in [1.165, 1.54) is 0 Å². The van der Waals surface area contributed by atoms with Gasteiger partial charge >= 0.3 is 6.18 Å². The predicted octanol–water partition coefficient (Wildman–Crippen LogP) is 5.43. The number of benzene rings is 2. The number of nitrogens with zero attached hydrogens (tertiary/aromatic N) is 2. The summed E-state index contributed by atoms with van der Waals surface area (Å²) in [7, 11) is 0. The third kappa shape index (κ3) is 5.69. The summed E-state index contributed by atoms with van der Waals surface area (Å²) in [5, 5.41) is 3.48. The quantitative estimate of drug-likeness (QED) is 0.653. The molecule has 0 spiro atoms. The Morgan fingerprint density at radius 2 is 1.59 bits per heavy atom. The molecule has 0 radical (unpaired) electrons. The van der Waals surface area contributed by atoms with Gasteiger partial charge in [-0.15, -0.1) is 0 Å². The zero-order valence-corrected chi connectivity index (χ0v) is 17.3. The molecule has 1 aliphatic rings. The Morgan fingerprint density at radius 3 is 2.21 bits per heavy atom. The lowest BCUT2D eigenvalue weighted by molar-refractivity contribution is -0.137. The van der Waals surface area contributed by atoms with Crippen molar-refractivity contribution in [3.05, 3.63) is 57.0 Å². The standard InChI is InChI=1S/C19H17Cl3F3N3O/c20-14-4-2-13(10-16(14)22)28-7-5-27(6-8-28)11-18(29)26-17-9-12(19(23,24)25)1-3-15(17)21/h1-4,9-10H,5-8,11H2,(H,26,29). The normalized spacial score (nSPS) is 15.4. The molecular weight excluding hydrogens is 450 g/mol. The van der Waals surface area contributed by atoms with Crippen molar-refractivity contribution < 1.29 is 18.0 Å². The van der Waals surface area contributed by atoms with Crippen LogP contribution in [0.15, 0.2) is 36.4 Å². The summed E-state index contributed by atoms with van der Waals surface area (Å²) in [6.45, 7) is 2.64. The molecule has 0 aromatic heterocycles. The molecule has 0 unspecified atom stereocenters. The Labute approximate surface area is 181 Å². The maximum atomic E-state index is 12.8. The highest BCUT2D eigenvalue weighted by atomic mass is 35.5. The van der Waals surface area contributed by atoms with Gasteiger partial charge in [0.05, 0.1) is 32.9 Å². The van der Waals surface area contributed by atoms with Gasteiger partial charge in [0.2, 0.25) is 5.91 Å². The van der Waals surface area contributed by atoms with Crippen molar-refractivity contribution >= 4 is 52.1 Å². The van der Waals surface area contributed by atoms with Crippen LogP contribution in [0.2, 0.25) is 15.1 Å². The SMILES string of the molecule is O=C(CN1CCN(c2ccc(Cl)c(Cl)c2)CC1)Nc1cc(C(F)(F)F)ccc1Cl. The lowest BCUT2D eigenvalue weighted by atomic mass is 10.2. The molecular formula is C19H17Cl3F3N3O. The van der Waals surface area contributed by atoms with Crippen molar-refractivity contribution in [1.82, 2.24) is 4.90 Å². The monoisotopic (exact) mass is 465 g/mol. The molecule has 2 aromatic carbocycles. The van der Waals surface area contributed by atoms with Gasteiger partial charge < -0.3 is 10.2 Å². The largest absolute Gasteiger partial charge is 0.416 e. The topological polar surface area (TPSA) is 35.6 Å². The number of carbonyl (C=O) groups is 1. The van der Waals surface area contributed by atoms with Crippen molar-refractivity contribution in [2.45, 2.75) is 6.18 Å². The van der Waals surface area contributed by atoms with Gasteiger partial charge in [0, 0.05) is 31.9 Å². The highest BCUT2D eigenvalue weighted by Crippen LogP contribution is 2.34. The van der Waals surface area contributed by atoms with E-state index >= 15 is 0 Å². The molecule has 1 N–H and O–H groups in total. The van der Waals surface area contributed by atoms with E-state index in [1.54, 1.807) is 12.1 Å². The molecule has 3 rings (SSSR count). The van der Waals surface area contributed by atoms with Gasteiger partial charge in [-0.1, -0.05) is 34.8 Å². The van der Waals surface area contributed by atoms with Gasteiger partial charge in [0.15, 0.2) is 0 Å². The Hall–Kier alpha value is -1.67. The molecule has 1 heterocycles. The van der Waals surface area contributed by atoms with Crippen LogP contribution in [0.3, 0.4) is 0 Å². The Bertz CT molecular complexity index is 900. The third-order valence-corrected chi connectivity index (χ3v) is 5.64. The number of alkyl halides is 3. The first-order chi connectivity index (χ1) is 13.6. The maximum Gasteiger partial charge on any atom is 0.416 e. The number of nitrogens with one attached hydrogen (secondary N) is 1. The van der Waals surface area contributed by atoms with E-state index in [2.05, 4.69) is 10.2 Å². The van der Waals surface area contributed by atoms with Crippen molar-refractivity contribution in [2.24, 2.45) is 0 Å². The summed E-state index contributed by atoms with van der Waals surface area (Å²) in [4.78, 5) is 16.3. The minimum absolute atomic E-state index is 0.0517. The number of hydrogen-bond acceptors (Lipinski definition) is 3. The zero-order valence-electron chi connectivity index (χ0n) is 15.1. The van der Waals surface area contributed by atoms with E-state index < -0.39 is 17.6 Å². The van der Waals surface area contributed by atoms with Crippen LogP contribution in [0.5, 0.6) is 0 Å². The molecule has 0 aliphatic carbocycles. The van der Waals surface area contributed by atoms with Gasteiger partial charge in [-0.3, -0.25) is 9.69 Å². The molecule has 2 aromatic rings. The molecule has 1 amide bonds. The first kappa shape index (κ1) is 22.0. The average Bonchev–Trinajstić information content (AvgIpc) is 2.65. The number of piperazine rings is 1. The van der Waals surface area contributed by atoms with Gasteiger partial charge in [-0.05, 0) is 36.4 Å². The lowest BCUT2D eigenvalue weighted by Crippen LogP contribution is -2.48. The van der Waals surface area contributed by atoms with Crippen LogP contribution >= 0.6 is 34.8 Å². The summed E-state index contributed by atoms with van der Waals surface area (Å²) in [6, 6.07) is 8.24. The van der Waals surface area contributed by atoms with Crippen LogP contribution in [0.25, 0.3) is 0 Å². The van der Waals surface area contributed by atoms with E-state index in [4.69, 9.17) is 34.8 Å². The Balaban J connectivity index is 1.55. The molecule has 0 saturated carbocycles. The van der Waals surface area contributed by atoms with E-state index in [1.807, 2.05) is 11.0 Å². The highest BCUT2D eigenvalue weighted by Gasteiger charge is 2.31. The second-order valence-corrected chi connectivity index (χ2v) is 7.82. The second-order valence-electron chi connectivity index (χ2n) is 6.60. The fourth-order valence-electron chi connectivity index (χ4n) is 3.04. The zero-order chi connectivity index (χ0) is 21.2. The number of anilines is 2. The number of amides is 1. The minimum atomic E-state index is -4.51. The number of halogens is 6. The van der Waals surface area contributed by atoms with Gasteiger partial charge in [0.25, 0.3) is 0 Å². The number of hydrogen-bond donors (Lipinski definition) is 1. The molecule has 29 heavy (non-hydrogen) atoms. The average molecular weight is 467 g/mol. The first-order valence-electron chi connectivity index (χ1n) is 8.72. The number of rotatable bonds is 4. The highest BCUT2D eigenvalue weighted by molar-refractivity contribution is 6.42. The van der Waals surface area contributed by atoms with E-state index in [9.17, 15) is 18.0 Å². The van der Waals surface area contributed by atoms with Crippen LogP contribution in [-0.2, 0) is 11.0 Å². The molecule has 1 aliphatic heterocycles. The summed E-state index contributed by atoms with van der Waals surface area (Å²) >= 11 is 17.9. The van der Waals surface area contributed by atoms with Gasteiger partial charge in [0.1, 0.15) is 0 Å². The van der Waals surface area contributed by atoms with Crippen LogP contribution in [0.4, 0.5) is 24.5 Å². The van der Waals surface area contributed by atoms with Crippen molar-refractivity contribution in [2.75, 3.05) is 42.9 Å².